The van der Waals surface area contributed by atoms with Crippen molar-refractivity contribution in [3.63, 3.8) is 0 Å². The maximum Gasteiger partial charge on any atom is 0.161 e. The maximum absolute atomic E-state index is 5.83. The fourth-order valence-corrected chi connectivity index (χ4v) is 2.20. The third-order valence-corrected chi connectivity index (χ3v) is 3.52. The van der Waals surface area contributed by atoms with Crippen molar-refractivity contribution in [3.05, 3.63) is 23.8 Å². The van der Waals surface area contributed by atoms with E-state index < -0.39 is 0 Å². The van der Waals surface area contributed by atoms with Gasteiger partial charge in [-0.25, -0.2) is 0 Å². The topological polar surface area (TPSA) is 30.5 Å². The van der Waals surface area contributed by atoms with Crippen LogP contribution in [-0.2, 0) is 6.42 Å². The van der Waals surface area contributed by atoms with Gasteiger partial charge in [-0.05, 0) is 43.5 Å². The van der Waals surface area contributed by atoms with Gasteiger partial charge in [0.1, 0.15) is 0 Å². The molecule has 0 fully saturated rings. The van der Waals surface area contributed by atoms with Gasteiger partial charge < -0.3 is 14.8 Å². The molecule has 3 nitrogen and oxygen atoms in total. The third-order valence-electron chi connectivity index (χ3n) is 3.52. The van der Waals surface area contributed by atoms with Crippen LogP contribution in [0.1, 0.15) is 52.0 Å². The predicted molar refractivity (Wildman–Crippen MR) is 89.5 cm³/mol. The normalized spacial score (nSPS) is 10.9. The molecule has 0 aliphatic heterocycles. The quantitative estimate of drug-likeness (QED) is 0.620. The van der Waals surface area contributed by atoms with Crippen LogP contribution >= 0.6 is 0 Å². The number of methoxy groups -OCH3 is 1. The maximum atomic E-state index is 5.83. The number of hydrogen-bond acceptors (Lipinski definition) is 3. The molecule has 0 radical (unpaired) electrons. The lowest BCUT2D eigenvalue weighted by molar-refractivity contribution is 0.284. The molecule has 1 aromatic rings. The van der Waals surface area contributed by atoms with E-state index in [0.717, 1.165) is 37.5 Å². The van der Waals surface area contributed by atoms with Crippen LogP contribution in [-0.4, -0.2) is 26.3 Å². The van der Waals surface area contributed by atoms with Gasteiger partial charge in [-0.15, -0.1) is 0 Å². The van der Waals surface area contributed by atoms with Crippen molar-refractivity contribution in [3.8, 4) is 11.5 Å². The zero-order valence-electron chi connectivity index (χ0n) is 14.1. The summed E-state index contributed by atoms with van der Waals surface area (Å²) in [5, 5.41) is 3.44. The fraction of sp³-hybridized carbons (Fsp3) is 0.667. The molecular formula is C18H31NO2. The molecule has 0 atom stereocenters. The average molecular weight is 293 g/mol. The monoisotopic (exact) mass is 293 g/mol. The molecule has 0 bridgehead atoms. The number of aryl methyl sites for hydroxylation is 1. The van der Waals surface area contributed by atoms with Gasteiger partial charge in [-0.3, -0.25) is 0 Å². The van der Waals surface area contributed by atoms with Crippen LogP contribution in [0.5, 0.6) is 11.5 Å². The van der Waals surface area contributed by atoms with Gasteiger partial charge in [0.15, 0.2) is 11.5 Å². The number of nitrogens with one attached hydrogen (secondary N) is 1. The molecule has 0 saturated heterocycles. The zero-order chi connectivity index (χ0) is 15.5. The van der Waals surface area contributed by atoms with Crippen molar-refractivity contribution in [2.75, 3.05) is 20.3 Å². The molecule has 0 aliphatic carbocycles. The Balaban J connectivity index is 2.18. The van der Waals surface area contributed by atoms with Crippen molar-refractivity contribution >= 4 is 0 Å². The number of hydrogen-bond donors (Lipinski definition) is 1. The fourth-order valence-electron chi connectivity index (χ4n) is 2.20. The van der Waals surface area contributed by atoms with Crippen LogP contribution in [0.4, 0.5) is 0 Å². The highest BCUT2D eigenvalue weighted by Crippen LogP contribution is 2.28. The van der Waals surface area contributed by atoms with Gasteiger partial charge in [0, 0.05) is 6.04 Å². The second-order valence-electron chi connectivity index (χ2n) is 5.71. The van der Waals surface area contributed by atoms with Crippen LogP contribution in [0.15, 0.2) is 18.2 Å². The number of rotatable bonds is 11. The van der Waals surface area contributed by atoms with Gasteiger partial charge in [-0.2, -0.15) is 0 Å². The molecule has 1 rings (SSSR count). The highest BCUT2D eigenvalue weighted by molar-refractivity contribution is 5.42. The van der Waals surface area contributed by atoms with Crippen molar-refractivity contribution in [1.29, 1.82) is 0 Å². The Labute approximate surface area is 130 Å². The molecule has 0 spiro atoms. The first-order chi connectivity index (χ1) is 10.2. The molecule has 120 valence electrons. The summed E-state index contributed by atoms with van der Waals surface area (Å²) in [6.45, 7) is 8.39. The van der Waals surface area contributed by atoms with Crippen molar-refractivity contribution in [2.24, 2.45) is 0 Å². The summed E-state index contributed by atoms with van der Waals surface area (Å²) >= 11 is 0. The summed E-state index contributed by atoms with van der Waals surface area (Å²) < 4.78 is 11.2. The minimum absolute atomic E-state index is 0.590. The van der Waals surface area contributed by atoms with E-state index >= 15 is 0 Å². The molecule has 0 amide bonds. The predicted octanol–water partition coefficient (Wildman–Crippen LogP) is 4.19. The number of unbranched alkanes of at least 4 members (excludes halogenated alkanes) is 3. The highest BCUT2D eigenvalue weighted by Gasteiger charge is 2.04. The Morgan fingerprint density at radius 2 is 1.81 bits per heavy atom. The highest BCUT2D eigenvalue weighted by atomic mass is 16.5. The molecule has 1 aromatic carbocycles. The lowest BCUT2D eigenvalue weighted by Gasteiger charge is -2.12. The van der Waals surface area contributed by atoms with Crippen LogP contribution < -0.4 is 14.8 Å². The first-order valence-corrected chi connectivity index (χ1v) is 8.20. The number of ether oxygens (including phenoxy) is 2. The van der Waals surface area contributed by atoms with E-state index in [2.05, 4.69) is 38.2 Å². The summed E-state index contributed by atoms with van der Waals surface area (Å²) in [7, 11) is 1.70. The van der Waals surface area contributed by atoms with Crippen molar-refractivity contribution in [1.82, 2.24) is 5.32 Å². The van der Waals surface area contributed by atoms with Crippen LogP contribution in [0.3, 0.4) is 0 Å². The molecule has 0 aliphatic rings. The Bertz CT molecular complexity index is 391. The SMILES string of the molecule is CCc1ccc(OCCCCCCNC(C)C)c(OC)c1. The Morgan fingerprint density at radius 3 is 2.48 bits per heavy atom. The summed E-state index contributed by atoms with van der Waals surface area (Å²) in [6.07, 6.45) is 5.83. The summed E-state index contributed by atoms with van der Waals surface area (Å²) in [4.78, 5) is 0. The molecule has 0 unspecified atom stereocenters. The Morgan fingerprint density at radius 1 is 1.05 bits per heavy atom. The van der Waals surface area contributed by atoms with E-state index in [1.807, 2.05) is 6.07 Å². The molecule has 0 saturated carbocycles. The molecule has 1 N–H and O–H groups in total. The van der Waals surface area contributed by atoms with E-state index in [9.17, 15) is 0 Å². The van der Waals surface area contributed by atoms with E-state index in [0.29, 0.717) is 6.04 Å². The minimum atomic E-state index is 0.590. The van der Waals surface area contributed by atoms with Gasteiger partial charge in [0.05, 0.1) is 13.7 Å². The second kappa shape index (κ2) is 10.5. The lowest BCUT2D eigenvalue weighted by Crippen LogP contribution is -2.23. The summed E-state index contributed by atoms with van der Waals surface area (Å²) in [5.74, 6) is 1.70. The Kier molecular flexibility index (Phi) is 8.91. The van der Waals surface area contributed by atoms with E-state index in [-0.39, 0.29) is 0 Å². The first-order valence-electron chi connectivity index (χ1n) is 8.20. The van der Waals surface area contributed by atoms with E-state index in [1.165, 1.54) is 24.8 Å². The number of benzene rings is 1. The van der Waals surface area contributed by atoms with Crippen LogP contribution in [0, 0.1) is 0 Å². The molecule has 0 aromatic heterocycles. The van der Waals surface area contributed by atoms with E-state index in [1.54, 1.807) is 7.11 Å². The van der Waals surface area contributed by atoms with Crippen molar-refractivity contribution < 1.29 is 9.47 Å². The van der Waals surface area contributed by atoms with Gasteiger partial charge >= 0.3 is 0 Å². The lowest BCUT2D eigenvalue weighted by atomic mass is 10.1. The molecule has 21 heavy (non-hydrogen) atoms. The molecule has 3 heteroatoms. The van der Waals surface area contributed by atoms with E-state index in [4.69, 9.17) is 9.47 Å². The van der Waals surface area contributed by atoms with Crippen LogP contribution in [0.25, 0.3) is 0 Å². The standard InChI is InChI=1S/C18H31NO2/c1-5-16-10-11-17(18(14-16)20-4)21-13-9-7-6-8-12-19-15(2)3/h10-11,14-15,19H,5-9,12-13H2,1-4H3. The zero-order valence-corrected chi connectivity index (χ0v) is 14.1. The Hall–Kier alpha value is -1.22. The van der Waals surface area contributed by atoms with Crippen molar-refractivity contribution in [2.45, 2.75) is 58.9 Å². The minimum Gasteiger partial charge on any atom is -0.493 e. The van der Waals surface area contributed by atoms with Gasteiger partial charge in [0.25, 0.3) is 0 Å². The molecule has 0 heterocycles. The average Bonchev–Trinajstić information content (AvgIpc) is 2.49. The summed E-state index contributed by atoms with van der Waals surface area (Å²) in [5.41, 5.74) is 1.27. The first kappa shape index (κ1) is 17.8. The third kappa shape index (κ3) is 7.37. The largest absolute Gasteiger partial charge is 0.493 e. The summed E-state index contributed by atoms with van der Waals surface area (Å²) in [6, 6.07) is 6.78. The second-order valence-corrected chi connectivity index (χ2v) is 5.71. The smallest absolute Gasteiger partial charge is 0.161 e. The van der Waals surface area contributed by atoms with Crippen LogP contribution in [0.2, 0.25) is 0 Å². The molecular weight excluding hydrogens is 262 g/mol. The van der Waals surface area contributed by atoms with Gasteiger partial charge in [0.2, 0.25) is 0 Å². The van der Waals surface area contributed by atoms with Gasteiger partial charge in [-0.1, -0.05) is 39.7 Å².